The molecule has 2 heterocycles. The van der Waals surface area contributed by atoms with E-state index in [9.17, 15) is 4.39 Å². The van der Waals surface area contributed by atoms with Gasteiger partial charge in [-0.25, -0.2) is 9.37 Å². The third-order valence-corrected chi connectivity index (χ3v) is 2.93. The highest BCUT2D eigenvalue weighted by Crippen LogP contribution is 2.21. The van der Waals surface area contributed by atoms with Crippen molar-refractivity contribution in [3.05, 3.63) is 30.0 Å². The van der Waals surface area contributed by atoms with Crippen LogP contribution >= 0.6 is 0 Å². The van der Waals surface area contributed by atoms with Crippen LogP contribution in [0.15, 0.2) is 22.9 Å². The average Bonchev–Trinajstić information content (AvgIpc) is 2.77. The quantitative estimate of drug-likeness (QED) is 0.919. The van der Waals surface area contributed by atoms with Gasteiger partial charge in [0.05, 0.1) is 6.20 Å². The van der Waals surface area contributed by atoms with Gasteiger partial charge < -0.3 is 10.3 Å². The standard InChI is InChI=1S/C13H17FN4O/c1-13(2,3)10(15)6-11-17-12(18-19-11)9-5-4-8(14)7-16-9/h4-5,7,10H,6,15H2,1-3H3. The Hall–Kier alpha value is -1.82. The van der Waals surface area contributed by atoms with Gasteiger partial charge in [-0.15, -0.1) is 0 Å². The summed E-state index contributed by atoms with van der Waals surface area (Å²) in [5.74, 6) is 0.405. The van der Waals surface area contributed by atoms with E-state index in [0.29, 0.717) is 23.8 Å². The van der Waals surface area contributed by atoms with Gasteiger partial charge in [0.25, 0.3) is 0 Å². The van der Waals surface area contributed by atoms with E-state index in [2.05, 4.69) is 35.9 Å². The second-order valence-corrected chi connectivity index (χ2v) is 5.55. The van der Waals surface area contributed by atoms with Gasteiger partial charge in [0.15, 0.2) is 0 Å². The summed E-state index contributed by atoms with van der Waals surface area (Å²) in [6, 6.07) is 2.73. The lowest BCUT2D eigenvalue weighted by atomic mass is 9.85. The first-order valence-corrected chi connectivity index (χ1v) is 6.06. The van der Waals surface area contributed by atoms with Crippen LogP contribution in [0, 0.1) is 11.2 Å². The van der Waals surface area contributed by atoms with E-state index in [-0.39, 0.29) is 11.5 Å². The number of pyridine rings is 1. The van der Waals surface area contributed by atoms with Gasteiger partial charge in [0.2, 0.25) is 11.7 Å². The van der Waals surface area contributed by atoms with Crippen LogP contribution in [-0.4, -0.2) is 21.2 Å². The first-order chi connectivity index (χ1) is 8.86. The molecule has 0 amide bonds. The van der Waals surface area contributed by atoms with Crippen molar-refractivity contribution in [3.63, 3.8) is 0 Å². The third kappa shape index (κ3) is 3.35. The predicted octanol–water partition coefficient (Wildman–Crippen LogP) is 2.19. The summed E-state index contributed by atoms with van der Waals surface area (Å²) < 4.78 is 17.9. The van der Waals surface area contributed by atoms with E-state index >= 15 is 0 Å². The first kappa shape index (κ1) is 13.6. The molecular weight excluding hydrogens is 247 g/mol. The van der Waals surface area contributed by atoms with Crippen LogP contribution in [0.2, 0.25) is 0 Å². The Bertz CT molecular complexity index is 545. The number of hydrogen-bond donors (Lipinski definition) is 1. The van der Waals surface area contributed by atoms with E-state index in [4.69, 9.17) is 10.3 Å². The van der Waals surface area contributed by atoms with E-state index < -0.39 is 5.82 Å². The SMILES string of the molecule is CC(C)(C)C(N)Cc1nc(-c2ccc(F)cn2)no1. The van der Waals surface area contributed by atoms with Crippen LogP contribution in [0.4, 0.5) is 4.39 Å². The van der Waals surface area contributed by atoms with Crippen molar-refractivity contribution in [2.24, 2.45) is 11.1 Å². The lowest BCUT2D eigenvalue weighted by Crippen LogP contribution is -2.36. The normalized spacial score (nSPS) is 13.5. The molecule has 5 nitrogen and oxygen atoms in total. The minimum absolute atomic E-state index is 0.0389. The van der Waals surface area contributed by atoms with Crippen molar-refractivity contribution in [1.82, 2.24) is 15.1 Å². The molecule has 0 aromatic carbocycles. The van der Waals surface area contributed by atoms with Gasteiger partial charge in [-0.05, 0) is 17.5 Å². The number of nitrogens with zero attached hydrogens (tertiary/aromatic N) is 3. The molecule has 0 aliphatic carbocycles. The molecule has 0 radical (unpaired) electrons. The van der Waals surface area contributed by atoms with Gasteiger partial charge in [-0.2, -0.15) is 4.98 Å². The van der Waals surface area contributed by atoms with Crippen molar-refractivity contribution >= 4 is 0 Å². The zero-order valence-electron chi connectivity index (χ0n) is 11.2. The van der Waals surface area contributed by atoms with Gasteiger partial charge in [0.1, 0.15) is 11.5 Å². The molecule has 0 aliphatic rings. The molecule has 6 heteroatoms. The lowest BCUT2D eigenvalue weighted by Gasteiger charge is -2.25. The number of rotatable bonds is 3. The summed E-state index contributed by atoms with van der Waals surface area (Å²) in [5, 5.41) is 3.82. The van der Waals surface area contributed by atoms with Crippen LogP contribution in [0.5, 0.6) is 0 Å². The van der Waals surface area contributed by atoms with Crippen molar-refractivity contribution in [3.8, 4) is 11.5 Å². The van der Waals surface area contributed by atoms with E-state index in [0.717, 1.165) is 6.20 Å². The topological polar surface area (TPSA) is 77.8 Å². The molecule has 0 aliphatic heterocycles. The zero-order chi connectivity index (χ0) is 14.0. The van der Waals surface area contributed by atoms with E-state index in [1.165, 1.54) is 12.1 Å². The fraction of sp³-hybridized carbons (Fsp3) is 0.462. The molecule has 2 N–H and O–H groups in total. The summed E-state index contributed by atoms with van der Waals surface area (Å²) >= 11 is 0. The van der Waals surface area contributed by atoms with Crippen molar-refractivity contribution in [1.29, 1.82) is 0 Å². The molecule has 0 bridgehead atoms. The number of aromatic nitrogens is 3. The zero-order valence-corrected chi connectivity index (χ0v) is 11.2. The van der Waals surface area contributed by atoms with Crippen LogP contribution < -0.4 is 5.73 Å². The minimum atomic E-state index is -0.401. The molecule has 2 aromatic rings. The van der Waals surface area contributed by atoms with Gasteiger partial charge in [-0.1, -0.05) is 25.9 Å². The van der Waals surface area contributed by atoms with Crippen LogP contribution in [0.3, 0.4) is 0 Å². The van der Waals surface area contributed by atoms with Crippen molar-refractivity contribution < 1.29 is 8.91 Å². The maximum absolute atomic E-state index is 12.8. The monoisotopic (exact) mass is 264 g/mol. The third-order valence-electron chi connectivity index (χ3n) is 2.93. The van der Waals surface area contributed by atoms with E-state index in [1.807, 2.05) is 0 Å². The van der Waals surface area contributed by atoms with Crippen LogP contribution in [0.1, 0.15) is 26.7 Å². The molecular formula is C13H17FN4O. The molecule has 0 saturated heterocycles. The Labute approximate surface area is 111 Å². The second kappa shape index (κ2) is 5.05. The predicted molar refractivity (Wildman–Crippen MR) is 68.6 cm³/mol. The molecule has 102 valence electrons. The summed E-state index contributed by atoms with van der Waals surface area (Å²) in [6.07, 6.45) is 1.62. The highest BCUT2D eigenvalue weighted by atomic mass is 19.1. The number of nitrogens with two attached hydrogens (primary N) is 1. The maximum atomic E-state index is 12.8. The van der Waals surface area contributed by atoms with E-state index in [1.54, 1.807) is 0 Å². The average molecular weight is 264 g/mol. The second-order valence-electron chi connectivity index (χ2n) is 5.55. The molecule has 2 aromatic heterocycles. The van der Waals surface area contributed by atoms with Crippen molar-refractivity contribution in [2.75, 3.05) is 0 Å². The first-order valence-electron chi connectivity index (χ1n) is 6.06. The summed E-state index contributed by atoms with van der Waals surface area (Å²) in [7, 11) is 0. The number of hydrogen-bond acceptors (Lipinski definition) is 5. The van der Waals surface area contributed by atoms with Gasteiger partial charge in [0, 0.05) is 12.5 Å². The Morgan fingerprint density at radius 2 is 2.11 bits per heavy atom. The van der Waals surface area contributed by atoms with Gasteiger partial charge >= 0.3 is 0 Å². The minimum Gasteiger partial charge on any atom is -0.339 e. The lowest BCUT2D eigenvalue weighted by molar-refractivity contribution is 0.286. The summed E-state index contributed by atoms with van der Waals surface area (Å²) in [6.45, 7) is 6.16. The highest BCUT2D eigenvalue weighted by molar-refractivity contribution is 5.47. The molecule has 1 atom stereocenters. The van der Waals surface area contributed by atoms with Crippen LogP contribution in [-0.2, 0) is 6.42 Å². The maximum Gasteiger partial charge on any atom is 0.228 e. The number of halogens is 1. The Morgan fingerprint density at radius 1 is 1.37 bits per heavy atom. The highest BCUT2D eigenvalue weighted by Gasteiger charge is 2.23. The van der Waals surface area contributed by atoms with Crippen molar-refractivity contribution in [2.45, 2.75) is 33.2 Å². The molecule has 0 fully saturated rings. The fourth-order valence-electron chi connectivity index (χ4n) is 1.44. The fourth-order valence-corrected chi connectivity index (χ4v) is 1.44. The van der Waals surface area contributed by atoms with Gasteiger partial charge in [-0.3, -0.25) is 0 Å². The Kier molecular flexibility index (Phi) is 3.61. The molecule has 1 unspecified atom stereocenters. The smallest absolute Gasteiger partial charge is 0.228 e. The molecule has 19 heavy (non-hydrogen) atoms. The Morgan fingerprint density at radius 3 is 2.68 bits per heavy atom. The summed E-state index contributed by atoms with van der Waals surface area (Å²) in [4.78, 5) is 8.12. The molecule has 0 saturated carbocycles. The Balaban J connectivity index is 2.13. The summed E-state index contributed by atoms with van der Waals surface area (Å²) in [5.41, 5.74) is 6.49. The van der Waals surface area contributed by atoms with Crippen LogP contribution in [0.25, 0.3) is 11.5 Å². The molecule has 2 rings (SSSR count). The largest absolute Gasteiger partial charge is 0.339 e. The molecule has 0 spiro atoms.